The van der Waals surface area contributed by atoms with E-state index in [1.165, 1.54) is 18.9 Å². The monoisotopic (exact) mass is 337 g/mol. The Bertz CT molecular complexity index is 812. The van der Waals surface area contributed by atoms with Gasteiger partial charge in [0.2, 0.25) is 11.8 Å². The van der Waals surface area contributed by atoms with Gasteiger partial charge in [-0.05, 0) is 30.3 Å². The van der Waals surface area contributed by atoms with Crippen LogP contribution in [0.15, 0.2) is 48.5 Å². The van der Waals surface area contributed by atoms with E-state index in [2.05, 4.69) is 5.32 Å². The van der Waals surface area contributed by atoms with Crippen molar-refractivity contribution >= 4 is 23.2 Å². The lowest BCUT2D eigenvalue weighted by atomic mass is 10.2. The van der Waals surface area contributed by atoms with Crippen LogP contribution in [0.2, 0.25) is 0 Å². The molecule has 0 aliphatic heterocycles. The van der Waals surface area contributed by atoms with E-state index in [1.54, 1.807) is 42.5 Å². The van der Waals surface area contributed by atoms with Crippen LogP contribution in [0.5, 0.6) is 5.75 Å². The zero-order chi connectivity index (χ0) is 18.2. The maximum Gasteiger partial charge on any atom is 0.226 e. The lowest BCUT2D eigenvalue weighted by molar-refractivity contribution is -0.117. The van der Waals surface area contributed by atoms with E-state index in [4.69, 9.17) is 10.00 Å². The topological polar surface area (TPSA) is 82.4 Å². The van der Waals surface area contributed by atoms with Crippen molar-refractivity contribution in [3.63, 3.8) is 0 Å². The van der Waals surface area contributed by atoms with Gasteiger partial charge in [-0.25, -0.2) is 0 Å². The van der Waals surface area contributed by atoms with E-state index in [9.17, 15) is 9.59 Å². The van der Waals surface area contributed by atoms with Crippen molar-refractivity contribution in [1.82, 2.24) is 0 Å². The molecule has 6 nitrogen and oxygen atoms in total. The number of ether oxygens (including phenoxy) is 1. The van der Waals surface area contributed by atoms with Gasteiger partial charge in [0.15, 0.2) is 0 Å². The number of hydrogen-bond donors (Lipinski definition) is 1. The molecule has 0 heterocycles. The van der Waals surface area contributed by atoms with E-state index < -0.39 is 0 Å². The van der Waals surface area contributed by atoms with E-state index in [1.807, 2.05) is 12.1 Å². The number of carbonyl (C=O) groups excluding carboxylic acids is 2. The van der Waals surface area contributed by atoms with Crippen molar-refractivity contribution in [2.45, 2.75) is 13.3 Å². The molecule has 128 valence electrons. The van der Waals surface area contributed by atoms with Crippen LogP contribution in [0, 0.1) is 11.3 Å². The number of benzene rings is 2. The second-order valence-electron chi connectivity index (χ2n) is 5.33. The predicted molar refractivity (Wildman–Crippen MR) is 95.4 cm³/mol. The summed E-state index contributed by atoms with van der Waals surface area (Å²) in [5.41, 5.74) is 1.63. The second kappa shape index (κ2) is 8.50. The Labute approximate surface area is 146 Å². The van der Waals surface area contributed by atoms with Gasteiger partial charge in [-0.2, -0.15) is 5.26 Å². The number of rotatable bonds is 6. The van der Waals surface area contributed by atoms with Crippen LogP contribution in [0.3, 0.4) is 0 Å². The second-order valence-corrected chi connectivity index (χ2v) is 5.33. The van der Waals surface area contributed by atoms with E-state index in [0.29, 0.717) is 22.7 Å². The molecule has 0 aromatic heterocycles. The average Bonchev–Trinajstić information content (AvgIpc) is 2.62. The molecule has 0 aliphatic rings. The van der Waals surface area contributed by atoms with Crippen LogP contribution >= 0.6 is 0 Å². The van der Waals surface area contributed by atoms with Crippen LogP contribution in [0.25, 0.3) is 0 Å². The van der Waals surface area contributed by atoms with E-state index in [-0.39, 0.29) is 24.8 Å². The Kier molecular flexibility index (Phi) is 6.13. The number of hydrogen-bond acceptors (Lipinski definition) is 4. The number of amides is 2. The van der Waals surface area contributed by atoms with Crippen LogP contribution < -0.4 is 15.0 Å². The quantitative estimate of drug-likeness (QED) is 0.878. The van der Waals surface area contributed by atoms with Gasteiger partial charge in [0.05, 0.1) is 24.4 Å². The first kappa shape index (κ1) is 18.0. The molecule has 0 saturated carbocycles. The first-order valence-corrected chi connectivity index (χ1v) is 7.76. The smallest absolute Gasteiger partial charge is 0.226 e. The summed E-state index contributed by atoms with van der Waals surface area (Å²) in [5, 5.41) is 11.8. The average molecular weight is 337 g/mol. The van der Waals surface area contributed by atoms with Crippen molar-refractivity contribution < 1.29 is 14.3 Å². The molecule has 0 bridgehead atoms. The molecule has 1 N–H and O–H groups in total. The highest BCUT2D eigenvalue weighted by molar-refractivity contribution is 5.95. The van der Waals surface area contributed by atoms with Crippen LogP contribution in [0.1, 0.15) is 18.9 Å². The number of nitrogens with one attached hydrogen (secondary N) is 1. The summed E-state index contributed by atoms with van der Waals surface area (Å²) in [7, 11) is 1.53. The number of para-hydroxylation sites is 2. The number of methoxy groups -OCH3 is 1. The molecule has 2 aromatic rings. The molecule has 0 fully saturated rings. The molecular formula is C19H19N3O3. The van der Waals surface area contributed by atoms with Gasteiger partial charge in [0, 0.05) is 25.6 Å². The zero-order valence-electron chi connectivity index (χ0n) is 14.2. The maximum atomic E-state index is 12.2. The molecule has 0 spiro atoms. The highest BCUT2D eigenvalue weighted by Gasteiger charge is 2.15. The van der Waals surface area contributed by atoms with Crippen molar-refractivity contribution in [2.24, 2.45) is 0 Å². The minimum Gasteiger partial charge on any atom is -0.495 e. The summed E-state index contributed by atoms with van der Waals surface area (Å²) >= 11 is 0. The van der Waals surface area contributed by atoms with Crippen LogP contribution in [-0.2, 0) is 9.59 Å². The van der Waals surface area contributed by atoms with Gasteiger partial charge in [-0.15, -0.1) is 0 Å². The minimum atomic E-state index is -0.229. The summed E-state index contributed by atoms with van der Waals surface area (Å²) in [5.74, 6) is 0.147. The fraction of sp³-hybridized carbons (Fsp3) is 0.211. The maximum absolute atomic E-state index is 12.2. The van der Waals surface area contributed by atoms with Gasteiger partial charge in [-0.3, -0.25) is 9.59 Å². The minimum absolute atomic E-state index is 0.119. The van der Waals surface area contributed by atoms with Crippen molar-refractivity contribution in [3.05, 3.63) is 54.1 Å². The first-order chi connectivity index (χ1) is 12.0. The van der Waals surface area contributed by atoms with Crippen LogP contribution in [-0.4, -0.2) is 25.5 Å². The summed E-state index contributed by atoms with van der Waals surface area (Å²) < 4.78 is 5.20. The fourth-order valence-corrected chi connectivity index (χ4v) is 2.39. The Morgan fingerprint density at radius 2 is 1.96 bits per heavy atom. The number of nitriles is 1. The highest BCUT2D eigenvalue weighted by atomic mass is 16.5. The highest BCUT2D eigenvalue weighted by Crippen LogP contribution is 2.23. The predicted octanol–water partition coefficient (Wildman–Crippen LogP) is 2.95. The molecule has 25 heavy (non-hydrogen) atoms. The largest absolute Gasteiger partial charge is 0.495 e. The van der Waals surface area contributed by atoms with Crippen molar-refractivity contribution in [2.75, 3.05) is 23.9 Å². The lowest BCUT2D eigenvalue weighted by Crippen LogP contribution is -2.32. The van der Waals surface area contributed by atoms with Gasteiger partial charge in [0.1, 0.15) is 5.75 Å². The molecule has 6 heteroatoms. The molecule has 0 radical (unpaired) electrons. The van der Waals surface area contributed by atoms with Crippen LogP contribution in [0.4, 0.5) is 11.4 Å². The third-order valence-electron chi connectivity index (χ3n) is 3.61. The Morgan fingerprint density at radius 1 is 1.20 bits per heavy atom. The standard InChI is InChI=1S/C19H19N3O3/c1-14(23)22(16-7-5-6-15(12-16)13-20)11-10-19(24)21-17-8-3-4-9-18(17)25-2/h3-9,12H,10-11H2,1-2H3,(H,21,24). The number of nitrogens with zero attached hydrogens (tertiary/aromatic N) is 2. The molecule has 0 unspecified atom stereocenters. The van der Waals surface area contributed by atoms with Gasteiger partial charge < -0.3 is 15.0 Å². The Morgan fingerprint density at radius 3 is 2.64 bits per heavy atom. The van der Waals surface area contributed by atoms with E-state index in [0.717, 1.165) is 0 Å². The summed E-state index contributed by atoms with van der Waals surface area (Å²) in [6.07, 6.45) is 0.119. The van der Waals surface area contributed by atoms with Crippen molar-refractivity contribution in [1.29, 1.82) is 5.26 Å². The third-order valence-corrected chi connectivity index (χ3v) is 3.61. The summed E-state index contributed by atoms with van der Waals surface area (Å²) in [6, 6.07) is 15.9. The fourth-order valence-electron chi connectivity index (χ4n) is 2.39. The third kappa shape index (κ3) is 4.82. The molecular weight excluding hydrogens is 318 g/mol. The van der Waals surface area contributed by atoms with E-state index >= 15 is 0 Å². The molecule has 2 amide bonds. The number of carbonyl (C=O) groups is 2. The molecule has 2 aromatic carbocycles. The van der Waals surface area contributed by atoms with Gasteiger partial charge >= 0.3 is 0 Å². The zero-order valence-corrected chi connectivity index (χ0v) is 14.2. The molecule has 0 saturated heterocycles. The molecule has 0 aliphatic carbocycles. The Balaban J connectivity index is 2.05. The summed E-state index contributed by atoms with van der Waals surface area (Å²) in [6.45, 7) is 1.64. The van der Waals surface area contributed by atoms with Gasteiger partial charge in [0.25, 0.3) is 0 Å². The van der Waals surface area contributed by atoms with Gasteiger partial charge in [-0.1, -0.05) is 18.2 Å². The Hall–Kier alpha value is -3.33. The van der Waals surface area contributed by atoms with Crippen molar-refractivity contribution in [3.8, 4) is 11.8 Å². The first-order valence-electron chi connectivity index (χ1n) is 7.76. The summed E-state index contributed by atoms with van der Waals surface area (Å²) in [4.78, 5) is 25.6. The normalized spacial score (nSPS) is 9.80. The SMILES string of the molecule is COc1ccccc1NC(=O)CCN(C(C)=O)c1cccc(C#N)c1. The molecule has 2 rings (SSSR count). The number of anilines is 2. The lowest BCUT2D eigenvalue weighted by Gasteiger charge is -2.21. The molecule has 0 atom stereocenters.